The zero-order chi connectivity index (χ0) is 24.5. The van der Waals surface area contributed by atoms with Crippen LogP contribution in [0.3, 0.4) is 0 Å². The van der Waals surface area contributed by atoms with Crippen molar-refractivity contribution in [3.05, 3.63) is 0 Å². The van der Waals surface area contributed by atoms with Crippen LogP contribution in [-0.2, 0) is 9.47 Å². The fourth-order valence-corrected chi connectivity index (χ4v) is 5.32. The van der Waals surface area contributed by atoms with Crippen LogP contribution < -0.4 is 0 Å². The molecule has 8 atom stereocenters. The molecule has 2 bridgehead atoms. The molecule has 0 amide bonds. The SMILES string of the molecule is CCC(C)(C)[C@H](O)OC(C)C(F)(F)F.CCC(C)(C)[C@H](O)OC1CC2CC1C1CCCC21. The van der Waals surface area contributed by atoms with Crippen LogP contribution in [0.15, 0.2) is 0 Å². The standard InChI is InChI=1S/C16H28O2.C9H17F3O2/c1-4-16(2,3)15(17)18-14-9-10-8-13(14)12-7-5-6-11(10)12;1-5-8(3,4)7(13)14-6(2)9(10,11)12/h10-15,17H,4-9H2,1-3H3;6-7,13H,5H2,1-4H3/t10?,11?,12?,13?,14?,15-;6?,7-/m11/s1. The number of alkyl halides is 3. The number of hydrogen-bond donors (Lipinski definition) is 2. The van der Waals surface area contributed by atoms with Gasteiger partial charge < -0.3 is 19.7 Å². The predicted molar refractivity (Wildman–Crippen MR) is 119 cm³/mol. The smallest absolute Gasteiger partial charge is 0.367 e. The molecule has 0 heterocycles. The first-order chi connectivity index (χ1) is 14.6. The Morgan fingerprint density at radius 2 is 1.38 bits per heavy atom. The van der Waals surface area contributed by atoms with E-state index < -0.39 is 30.3 Å². The minimum atomic E-state index is -4.43. The Bertz CT molecular complexity index is 592. The van der Waals surface area contributed by atoms with Gasteiger partial charge >= 0.3 is 6.18 Å². The molecular weight excluding hydrogens is 421 g/mol. The van der Waals surface area contributed by atoms with Crippen LogP contribution in [0.1, 0.15) is 93.4 Å². The molecule has 0 spiro atoms. The number of aliphatic hydroxyl groups excluding tert-OH is 2. The second-order valence-electron chi connectivity index (χ2n) is 11.5. The van der Waals surface area contributed by atoms with Crippen LogP contribution >= 0.6 is 0 Å². The molecule has 3 rings (SSSR count). The molecule has 3 aliphatic carbocycles. The number of ether oxygens (including phenoxy) is 2. The van der Waals surface area contributed by atoms with Crippen molar-refractivity contribution in [2.45, 2.75) is 124 Å². The first kappa shape index (κ1) is 27.9. The third-order valence-electron chi connectivity index (χ3n) is 8.62. The van der Waals surface area contributed by atoms with E-state index in [0.717, 1.165) is 37.0 Å². The van der Waals surface area contributed by atoms with Crippen molar-refractivity contribution in [1.82, 2.24) is 0 Å². The van der Waals surface area contributed by atoms with E-state index in [4.69, 9.17) is 4.74 Å². The Labute approximate surface area is 192 Å². The van der Waals surface area contributed by atoms with Gasteiger partial charge in [-0.05, 0) is 69.1 Å². The topological polar surface area (TPSA) is 58.9 Å². The van der Waals surface area contributed by atoms with Crippen molar-refractivity contribution in [2.75, 3.05) is 0 Å². The van der Waals surface area contributed by atoms with Crippen molar-refractivity contribution in [3.63, 3.8) is 0 Å². The molecule has 3 aliphatic rings. The fraction of sp³-hybridized carbons (Fsp3) is 1.00. The van der Waals surface area contributed by atoms with Crippen molar-refractivity contribution in [3.8, 4) is 0 Å². The summed E-state index contributed by atoms with van der Waals surface area (Å²) in [5, 5.41) is 19.7. The highest BCUT2D eigenvalue weighted by Gasteiger charge is 2.55. The number of rotatable bonds is 8. The molecule has 0 radical (unpaired) electrons. The normalized spacial score (nSPS) is 32.8. The molecule has 32 heavy (non-hydrogen) atoms. The van der Waals surface area contributed by atoms with E-state index in [2.05, 4.69) is 25.5 Å². The number of aliphatic hydroxyl groups is 2. The highest BCUT2D eigenvalue weighted by molar-refractivity contribution is 5.03. The lowest BCUT2D eigenvalue weighted by Gasteiger charge is -2.37. The van der Waals surface area contributed by atoms with Gasteiger partial charge in [-0.1, -0.05) is 48.0 Å². The summed E-state index contributed by atoms with van der Waals surface area (Å²) >= 11 is 0. The van der Waals surface area contributed by atoms with Crippen molar-refractivity contribution >= 4 is 0 Å². The second-order valence-corrected chi connectivity index (χ2v) is 11.5. The minimum Gasteiger partial charge on any atom is -0.367 e. The number of fused-ring (bicyclic) bond motifs is 5. The van der Waals surface area contributed by atoms with E-state index in [1.165, 1.54) is 32.1 Å². The zero-order valence-corrected chi connectivity index (χ0v) is 20.9. The maximum Gasteiger partial charge on any atom is 0.414 e. The van der Waals surface area contributed by atoms with Gasteiger partial charge in [0, 0.05) is 10.8 Å². The van der Waals surface area contributed by atoms with Crippen LogP contribution in [0.2, 0.25) is 0 Å². The van der Waals surface area contributed by atoms with Gasteiger partial charge in [0.25, 0.3) is 0 Å². The molecule has 6 unspecified atom stereocenters. The summed E-state index contributed by atoms with van der Waals surface area (Å²) in [5.41, 5.74) is -0.781. The molecule has 7 heteroatoms. The maximum atomic E-state index is 12.1. The highest BCUT2D eigenvalue weighted by Crippen LogP contribution is 2.59. The summed E-state index contributed by atoms with van der Waals surface area (Å²) in [5.74, 6) is 3.59. The Morgan fingerprint density at radius 3 is 1.91 bits per heavy atom. The monoisotopic (exact) mass is 466 g/mol. The largest absolute Gasteiger partial charge is 0.414 e. The first-order valence-electron chi connectivity index (χ1n) is 12.4. The molecule has 3 saturated carbocycles. The third-order valence-corrected chi connectivity index (χ3v) is 8.62. The van der Waals surface area contributed by atoms with Gasteiger partial charge in [-0.15, -0.1) is 0 Å². The van der Waals surface area contributed by atoms with E-state index in [-0.39, 0.29) is 5.41 Å². The van der Waals surface area contributed by atoms with Gasteiger partial charge in [-0.25, -0.2) is 0 Å². The van der Waals surface area contributed by atoms with Crippen LogP contribution in [0, 0.1) is 34.5 Å². The molecule has 2 N–H and O–H groups in total. The summed E-state index contributed by atoms with van der Waals surface area (Å²) in [7, 11) is 0. The van der Waals surface area contributed by atoms with Gasteiger partial charge in [-0.2, -0.15) is 13.2 Å². The fourth-order valence-electron chi connectivity index (χ4n) is 5.32. The number of halogens is 3. The summed E-state index contributed by atoms with van der Waals surface area (Å²) in [4.78, 5) is 0. The first-order valence-corrected chi connectivity index (χ1v) is 12.4. The molecule has 3 fully saturated rings. The van der Waals surface area contributed by atoms with Crippen molar-refractivity contribution in [1.29, 1.82) is 0 Å². The number of hydrogen-bond acceptors (Lipinski definition) is 4. The van der Waals surface area contributed by atoms with Crippen molar-refractivity contribution in [2.24, 2.45) is 34.5 Å². The Balaban J connectivity index is 0.000000237. The molecule has 0 aromatic heterocycles. The molecule has 0 aromatic carbocycles. The van der Waals surface area contributed by atoms with Gasteiger partial charge in [0.15, 0.2) is 18.7 Å². The summed E-state index contributed by atoms with van der Waals surface area (Å²) in [6.45, 7) is 12.3. The molecule has 0 aromatic rings. The average molecular weight is 467 g/mol. The van der Waals surface area contributed by atoms with E-state index in [9.17, 15) is 23.4 Å². The van der Waals surface area contributed by atoms with Crippen LogP contribution in [0.5, 0.6) is 0 Å². The van der Waals surface area contributed by atoms with Crippen LogP contribution in [0.25, 0.3) is 0 Å². The average Bonchev–Trinajstić information content (AvgIpc) is 3.41. The van der Waals surface area contributed by atoms with Gasteiger partial charge in [0.2, 0.25) is 0 Å². The molecule has 190 valence electrons. The van der Waals surface area contributed by atoms with E-state index in [1.54, 1.807) is 20.8 Å². The Morgan fingerprint density at radius 1 is 0.844 bits per heavy atom. The summed E-state index contributed by atoms with van der Waals surface area (Å²) in [6, 6.07) is 0. The van der Waals surface area contributed by atoms with E-state index in [0.29, 0.717) is 12.5 Å². The van der Waals surface area contributed by atoms with Crippen LogP contribution in [-0.4, -0.2) is 41.2 Å². The maximum absolute atomic E-state index is 12.1. The Hall–Kier alpha value is -0.370. The van der Waals surface area contributed by atoms with Crippen LogP contribution in [0.4, 0.5) is 13.2 Å². The minimum absolute atomic E-state index is 0.114. The molecule has 0 saturated heterocycles. The molecule has 0 aliphatic heterocycles. The lowest BCUT2D eigenvalue weighted by atomic mass is 9.80. The van der Waals surface area contributed by atoms with E-state index in [1.807, 2.05) is 0 Å². The van der Waals surface area contributed by atoms with E-state index >= 15 is 0 Å². The lowest BCUT2D eigenvalue weighted by molar-refractivity contribution is -0.277. The summed E-state index contributed by atoms with van der Waals surface area (Å²) < 4.78 is 46.8. The molecule has 4 nitrogen and oxygen atoms in total. The second kappa shape index (κ2) is 10.5. The zero-order valence-electron chi connectivity index (χ0n) is 20.9. The predicted octanol–water partition coefficient (Wildman–Crippen LogP) is 6.29. The Kier molecular flexibility index (Phi) is 9.14. The van der Waals surface area contributed by atoms with Gasteiger partial charge in [0.1, 0.15) is 0 Å². The summed E-state index contributed by atoms with van der Waals surface area (Å²) in [6.07, 6.45) is 0.375. The molecular formula is C25H45F3O4. The lowest BCUT2D eigenvalue weighted by Crippen LogP contribution is -2.39. The van der Waals surface area contributed by atoms with Crippen molar-refractivity contribution < 1.29 is 32.9 Å². The third kappa shape index (κ3) is 6.39. The van der Waals surface area contributed by atoms with Gasteiger partial charge in [0.05, 0.1) is 6.10 Å². The van der Waals surface area contributed by atoms with Gasteiger partial charge in [-0.3, -0.25) is 0 Å². The quantitative estimate of drug-likeness (QED) is 0.413. The highest BCUT2D eigenvalue weighted by atomic mass is 19.4.